The molecule has 1 amide bonds. The van der Waals surface area contributed by atoms with E-state index in [2.05, 4.69) is 0 Å². The minimum atomic E-state index is -0.526. The highest BCUT2D eigenvalue weighted by molar-refractivity contribution is 5.92. The number of hydrogen-bond donors (Lipinski definition) is 0. The number of likely N-dealkylation sites (tertiary alicyclic amines) is 1. The third-order valence-electron chi connectivity index (χ3n) is 3.91. The number of rotatable bonds is 4. The van der Waals surface area contributed by atoms with E-state index in [0.29, 0.717) is 30.2 Å². The molecule has 0 aliphatic carbocycles. The van der Waals surface area contributed by atoms with Gasteiger partial charge in [-0.1, -0.05) is 0 Å². The Bertz CT molecular complexity index is 652. The van der Waals surface area contributed by atoms with Crippen LogP contribution in [0.5, 0.6) is 11.5 Å². The number of esters is 1. The molecular weight excluding hydrogens is 338 g/mol. The van der Waals surface area contributed by atoms with Crippen molar-refractivity contribution in [2.45, 2.75) is 45.3 Å². The maximum Gasteiger partial charge on any atom is 0.410 e. The van der Waals surface area contributed by atoms with E-state index in [9.17, 15) is 9.59 Å². The Hall–Kier alpha value is -2.44. The summed E-state index contributed by atoms with van der Waals surface area (Å²) in [6, 6.07) is 4.95. The number of amides is 1. The zero-order chi connectivity index (χ0) is 19.3. The molecule has 1 fully saturated rings. The highest BCUT2D eigenvalue weighted by atomic mass is 16.6. The van der Waals surface area contributed by atoms with Crippen molar-refractivity contribution in [1.29, 1.82) is 0 Å². The van der Waals surface area contributed by atoms with Gasteiger partial charge in [0.1, 0.15) is 28.8 Å². The van der Waals surface area contributed by atoms with Crippen molar-refractivity contribution in [2.24, 2.45) is 0 Å². The monoisotopic (exact) mass is 365 g/mol. The summed E-state index contributed by atoms with van der Waals surface area (Å²) in [5, 5.41) is 0. The highest BCUT2D eigenvalue weighted by Gasteiger charge is 2.28. The van der Waals surface area contributed by atoms with Gasteiger partial charge in [0.2, 0.25) is 0 Å². The van der Waals surface area contributed by atoms with E-state index in [0.717, 1.165) is 12.8 Å². The van der Waals surface area contributed by atoms with Gasteiger partial charge in [0.05, 0.1) is 20.8 Å². The van der Waals surface area contributed by atoms with Crippen LogP contribution in [-0.4, -0.2) is 56.0 Å². The fraction of sp³-hybridized carbons (Fsp3) is 0.579. The summed E-state index contributed by atoms with van der Waals surface area (Å²) < 4.78 is 21.4. The third kappa shape index (κ3) is 5.28. The van der Waals surface area contributed by atoms with Gasteiger partial charge in [-0.25, -0.2) is 9.59 Å². The van der Waals surface area contributed by atoms with Crippen LogP contribution in [-0.2, 0) is 9.47 Å². The predicted molar refractivity (Wildman–Crippen MR) is 95.8 cm³/mol. The van der Waals surface area contributed by atoms with Crippen molar-refractivity contribution in [3.8, 4) is 11.5 Å². The summed E-state index contributed by atoms with van der Waals surface area (Å²) in [5.74, 6) is 0.488. The first-order chi connectivity index (χ1) is 12.2. The van der Waals surface area contributed by atoms with Gasteiger partial charge in [-0.3, -0.25) is 0 Å². The molecule has 0 radical (unpaired) electrons. The van der Waals surface area contributed by atoms with Crippen LogP contribution in [0.2, 0.25) is 0 Å². The summed E-state index contributed by atoms with van der Waals surface area (Å²) in [5.41, 5.74) is -0.191. The van der Waals surface area contributed by atoms with E-state index in [1.165, 1.54) is 14.2 Å². The minimum Gasteiger partial charge on any atom is -0.496 e. The Morgan fingerprint density at radius 3 is 2.54 bits per heavy atom. The van der Waals surface area contributed by atoms with Crippen LogP contribution in [0.25, 0.3) is 0 Å². The predicted octanol–water partition coefficient (Wildman–Crippen LogP) is 3.26. The van der Waals surface area contributed by atoms with Crippen molar-refractivity contribution in [3.63, 3.8) is 0 Å². The molecule has 0 N–H and O–H groups in total. The number of carbonyl (C=O) groups is 2. The summed E-state index contributed by atoms with van der Waals surface area (Å²) in [7, 11) is 2.80. The highest BCUT2D eigenvalue weighted by Crippen LogP contribution is 2.27. The normalized spacial score (nSPS) is 17.4. The molecule has 7 heteroatoms. The average molecular weight is 365 g/mol. The molecule has 2 rings (SSSR count). The molecule has 26 heavy (non-hydrogen) atoms. The van der Waals surface area contributed by atoms with Crippen LogP contribution >= 0.6 is 0 Å². The van der Waals surface area contributed by atoms with Gasteiger partial charge < -0.3 is 23.8 Å². The van der Waals surface area contributed by atoms with Crippen LogP contribution in [0.3, 0.4) is 0 Å². The molecule has 1 aliphatic rings. The van der Waals surface area contributed by atoms with Gasteiger partial charge in [-0.2, -0.15) is 0 Å². The van der Waals surface area contributed by atoms with Crippen molar-refractivity contribution in [3.05, 3.63) is 23.8 Å². The SMILES string of the molecule is COC(=O)c1ccc(OC2CCCN(C(=O)OC(C)(C)C)C2)cc1OC. The Balaban J connectivity index is 2.04. The maximum absolute atomic E-state index is 12.2. The second-order valence-electron chi connectivity index (χ2n) is 7.16. The molecule has 0 bridgehead atoms. The van der Waals surface area contributed by atoms with E-state index in [4.69, 9.17) is 18.9 Å². The Morgan fingerprint density at radius 1 is 1.19 bits per heavy atom. The Kier molecular flexibility index (Phi) is 6.34. The largest absolute Gasteiger partial charge is 0.496 e. The lowest BCUT2D eigenvalue weighted by atomic mass is 10.1. The van der Waals surface area contributed by atoms with E-state index >= 15 is 0 Å². The molecule has 1 aliphatic heterocycles. The topological polar surface area (TPSA) is 74.3 Å². The lowest BCUT2D eigenvalue weighted by molar-refractivity contribution is 0.00770. The van der Waals surface area contributed by atoms with Gasteiger partial charge >= 0.3 is 12.1 Å². The average Bonchev–Trinajstić information content (AvgIpc) is 2.59. The van der Waals surface area contributed by atoms with Crippen molar-refractivity contribution < 1.29 is 28.5 Å². The fourth-order valence-electron chi connectivity index (χ4n) is 2.74. The molecule has 1 unspecified atom stereocenters. The number of hydrogen-bond acceptors (Lipinski definition) is 6. The molecule has 0 saturated carbocycles. The van der Waals surface area contributed by atoms with E-state index in [1.807, 2.05) is 20.8 Å². The lowest BCUT2D eigenvalue weighted by Crippen LogP contribution is -2.46. The first kappa shape index (κ1) is 19.9. The molecule has 1 saturated heterocycles. The van der Waals surface area contributed by atoms with Crippen LogP contribution in [0.1, 0.15) is 44.0 Å². The van der Waals surface area contributed by atoms with E-state index in [-0.39, 0.29) is 12.2 Å². The molecule has 144 valence electrons. The number of piperidine rings is 1. The first-order valence-corrected chi connectivity index (χ1v) is 8.64. The molecule has 0 aromatic heterocycles. The summed E-state index contributed by atoms with van der Waals surface area (Å²) >= 11 is 0. The second-order valence-corrected chi connectivity index (χ2v) is 7.16. The second kappa shape index (κ2) is 8.29. The van der Waals surface area contributed by atoms with Crippen molar-refractivity contribution in [2.75, 3.05) is 27.3 Å². The number of benzene rings is 1. The Labute approximate surface area is 154 Å². The summed E-state index contributed by atoms with van der Waals surface area (Å²) in [4.78, 5) is 25.6. The first-order valence-electron chi connectivity index (χ1n) is 8.64. The molecule has 0 spiro atoms. The molecule has 7 nitrogen and oxygen atoms in total. The maximum atomic E-state index is 12.2. The molecule has 1 aromatic rings. The molecular formula is C19H27NO6. The van der Waals surface area contributed by atoms with Gasteiger partial charge in [0.15, 0.2) is 0 Å². The minimum absolute atomic E-state index is 0.148. The van der Waals surface area contributed by atoms with E-state index < -0.39 is 11.6 Å². The van der Waals surface area contributed by atoms with Crippen LogP contribution in [0, 0.1) is 0 Å². The van der Waals surface area contributed by atoms with Gasteiger partial charge in [0, 0.05) is 12.6 Å². The number of ether oxygens (including phenoxy) is 4. The van der Waals surface area contributed by atoms with Crippen LogP contribution < -0.4 is 9.47 Å². The fourth-order valence-corrected chi connectivity index (χ4v) is 2.74. The number of methoxy groups -OCH3 is 2. The number of nitrogens with zero attached hydrogens (tertiary/aromatic N) is 1. The third-order valence-corrected chi connectivity index (χ3v) is 3.91. The van der Waals surface area contributed by atoms with Crippen LogP contribution in [0.4, 0.5) is 4.79 Å². The van der Waals surface area contributed by atoms with Crippen molar-refractivity contribution in [1.82, 2.24) is 4.90 Å². The zero-order valence-electron chi connectivity index (χ0n) is 16.0. The van der Waals surface area contributed by atoms with Gasteiger partial charge in [-0.15, -0.1) is 0 Å². The van der Waals surface area contributed by atoms with E-state index in [1.54, 1.807) is 23.1 Å². The zero-order valence-corrected chi connectivity index (χ0v) is 16.0. The van der Waals surface area contributed by atoms with Gasteiger partial charge in [-0.05, 0) is 45.7 Å². The quantitative estimate of drug-likeness (QED) is 0.763. The Morgan fingerprint density at radius 2 is 1.92 bits per heavy atom. The standard InChI is InChI=1S/C19H27NO6/c1-19(2,3)26-18(22)20-10-6-7-14(12-20)25-13-8-9-15(17(21)24-5)16(11-13)23-4/h8-9,11,14H,6-7,10,12H2,1-5H3. The smallest absolute Gasteiger partial charge is 0.410 e. The number of carbonyl (C=O) groups excluding carboxylic acids is 2. The lowest BCUT2D eigenvalue weighted by Gasteiger charge is -2.34. The summed E-state index contributed by atoms with van der Waals surface area (Å²) in [6.45, 7) is 6.64. The van der Waals surface area contributed by atoms with Crippen LogP contribution in [0.15, 0.2) is 18.2 Å². The molecule has 1 aromatic carbocycles. The molecule has 1 heterocycles. The van der Waals surface area contributed by atoms with Crippen molar-refractivity contribution >= 4 is 12.1 Å². The molecule has 1 atom stereocenters. The summed E-state index contributed by atoms with van der Waals surface area (Å²) in [6.07, 6.45) is 1.19. The van der Waals surface area contributed by atoms with Gasteiger partial charge in [0.25, 0.3) is 0 Å².